The Morgan fingerprint density at radius 1 is 1.03 bits per heavy atom. The van der Waals surface area contributed by atoms with Gasteiger partial charge in [0.2, 0.25) is 0 Å². The second kappa shape index (κ2) is 10.4. The Morgan fingerprint density at radius 3 is 2.28 bits per heavy atom. The molecule has 0 aliphatic heterocycles. The third-order valence-electron chi connectivity index (χ3n) is 5.14. The monoisotopic (exact) mass is 424 g/mol. The predicted octanol–water partition coefficient (Wildman–Crippen LogP) is 7.39. The number of alkyl halides is 5. The number of ether oxygens (including phenoxy) is 2. The van der Waals surface area contributed by atoms with Crippen molar-refractivity contribution in [2.75, 3.05) is 0 Å². The van der Waals surface area contributed by atoms with Gasteiger partial charge in [-0.1, -0.05) is 31.1 Å². The molecule has 0 bridgehead atoms. The maximum atomic E-state index is 14.1. The topological polar surface area (TPSA) is 18.5 Å². The molecule has 164 valence electrons. The summed E-state index contributed by atoms with van der Waals surface area (Å²) in [6.07, 6.45) is 0.663. The summed E-state index contributed by atoms with van der Waals surface area (Å²) >= 11 is 0. The van der Waals surface area contributed by atoms with Gasteiger partial charge in [-0.25, -0.2) is 4.39 Å². The van der Waals surface area contributed by atoms with Crippen LogP contribution in [0.4, 0.5) is 26.3 Å². The first-order valence-electron chi connectivity index (χ1n) is 9.75. The Morgan fingerprint density at radius 2 is 1.69 bits per heavy atom. The average Bonchev–Trinajstić information content (AvgIpc) is 2.62. The zero-order chi connectivity index (χ0) is 21.5. The molecule has 29 heavy (non-hydrogen) atoms. The molecule has 8 heteroatoms. The van der Waals surface area contributed by atoms with E-state index in [2.05, 4.69) is 15.5 Å². The zero-order valence-electron chi connectivity index (χ0n) is 16.3. The van der Waals surface area contributed by atoms with Crippen molar-refractivity contribution in [3.05, 3.63) is 41.7 Å². The minimum atomic E-state index is -5.03. The van der Waals surface area contributed by atoms with Crippen LogP contribution in [0.1, 0.15) is 57.4 Å². The van der Waals surface area contributed by atoms with Gasteiger partial charge in [0.15, 0.2) is 11.6 Å². The Bertz CT molecular complexity index is 664. The van der Waals surface area contributed by atoms with E-state index in [0.29, 0.717) is 12.0 Å². The van der Waals surface area contributed by atoms with Crippen LogP contribution in [0.5, 0.6) is 5.75 Å². The van der Waals surface area contributed by atoms with Crippen LogP contribution < -0.4 is 4.74 Å². The van der Waals surface area contributed by atoms with Gasteiger partial charge >= 0.3 is 12.5 Å². The lowest BCUT2D eigenvalue weighted by Crippen LogP contribution is -2.27. The van der Waals surface area contributed by atoms with Gasteiger partial charge < -0.3 is 9.47 Å². The molecule has 0 atom stereocenters. The SMILES string of the molecule is C/C=C/CC[C@H]1CC[C@H](CC(F)(F)OCc2ccc(OC(F)(F)F)c(F)c2)CC1. The van der Waals surface area contributed by atoms with Crippen LogP contribution in [0.15, 0.2) is 30.4 Å². The Hall–Kier alpha value is -1.70. The van der Waals surface area contributed by atoms with Gasteiger partial charge in [0.05, 0.1) is 6.61 Å². The second-order valence-corrected chi connectivity index (χ2v) is 7.48. The fourth-order valence-corrected chi connectivity index (χ4v) is 3.65. The summed E-state index contributed by atoms with van der Waals surface area (Å²) in [5, 5.41) is 0. The van der Waals surface area contributed by atoms with Crippen molar-refractivity contribution in [3.63, 3.8) is 0 Å². The van der Waals surface area contributed by atoms with Crippen molar-refractivity contribution >= 4 is 0 Å². The summed E-state index contributed by atoms with van der Waals surface area (Å²) in [6, 6.07) is 2.51. The van der Waals surface area contributed by atoms with Gasteiger partial charge in [-0.3, -0.25) is 0 Å². The van der Waals surface area contributed by atoms with Crippen LogP contribution in [0, 0.1) is 17.7 Å². The lowest BCUT2D eigenvalue weighted by atomic mass is 9.78. The molecule has 0 unspecified atom stereocenters. The average molecular weight is 424 g/mol. The molecule has 2 nitrogen and oxygen atoms in total. The van der Waals surface area contributed by atoms with Gasteiger partial charge in [0, 0.05) is 6.42 Å². The fraction of sp³-hybridized carbons (Fsp3) is 0.619. The summed E-state index contributed by atoms with van der Waals surface area (Å²) in [7, 11) is 0. The van der Waals surface area contributed by atoms with Crippen molar-refractivity contribution in [2.45, 2.75) is 70.9 Å². The third-order valence-corrected chi connectivity index (χ3v) is 5.14. The van der Waals surface area contributed by atoms with Gasteiger partial charge in [-0.2, -0.15) is 8.78 Å². The number of hydrogen-bond acceptors (Lipinski definition) is 2. The van der Waals surface area contributed by atoms with Crippen LogP contribution >= 0.6 is 0 Å². The normalized spacial score (nSPS) is 20.9. The van der Waals surface area contributed by atoms with E-state index in [9.17, 15) is 26.3 Å². The highest BCUT2D eigenvalue weighted by molar-refractivity contribution is 5.29. The van der Waals surface area contributed by atoms with E-state index >= 15 is 0 Å². The number of rotatable bonds is 9. The molecular weight excluding hydrogens is 398 g/mol. The van der Waals surface area contributed by atoms with E-state index < -0.39 is 37.1 Å². The molecule has 1 fully saturated rings. The molecule has 0 radical (unpaired) electrons. The second-order valence-electron chi connectivity index (χ2n) is 7.48. The van der Waals surface area contributed by atoms with Crippen LogP contribution in [0.25, 0.3) is 0 Å². The molecule has 0 saturated heterocycles. The lowest BCUT2D eigenvalue weighted by molar-refractivity contribution is -0.275. The first kappa shape index (κ1) is 23.6. The fourth-order valence-electron chi connectivity index (χ4n) is 3.65. The first-order chi connectivity index (χ1) is 13.6. The number of benzene rings is 1. The minimum Gasteiger partial charge on any atom is -0.403 e. The largest absolute Gasteiger partial charge is 0.573 e. The Labute approximate surface area is 166 Å². The van der Waals surface area contributed by atoms with Crippen LogP contribution in [0.2, 0.25) is 0 Å². The standard InChI is InChI=1S/C21H26F6O2/c1-2-3-4-5-15-6-8-16(9-7-15)13-20(23,24)28-14-17-10-11-19(18(22)12-17)29-21(25,26)27/h2-3,10-12,15-16H,4-9,13-14H2,1H3/b3-2+/t15-,16-. The molecule has 1 aromatic carbocycles. The van der Waals surface area contributed by atoms with E-state index in [-0.39, 0.29) is 11.5 Å². The molecule has 1 aliphatic rings. The highest BCUT2D eigenvalue weighted by atomic mass is 19.4. The Balaban J connectivity index is 1.79. The molecule has 1 aromatic rings. The van der Waals surface area contributed by atoms with Crippen molar-refractivity contribution in [2.24, 2.45) is 11.8 Å². The molecule has 1 saturated carbocycles. The van der Waals surface area contributed by atoms with Gasteiger partial charge in [-0.15, -0.1) is 13.2 Å². The molecular formula is C21H26F6O2. The highest BCUT2D eigenvalue weighted by Gasteiger charge is 2.36. The first-order valence-corrected chi connectivity index (χ1v) is 9.75. The maximum Gasteiger partial charge on any atom is 0.573 e. The Kier molecular flexibility index (Phi) is 8.43. The van der Waals surface area contributed by atoms with E-state index in [1.165, 1.54) is 0 Å². The third kappa shape index (κ3) is 8.68. The summed E-state index contributed by atoms with van der Waals surface area (Å²) < 4.78 is 86.5. The van der Waals surface area contributed by atoms with Gasteiger partial charge in [0.1, 0.15) is 0 Å². The van der Waals surface area contributed by atoms with Crippen molar-refractivity contribution in [3.8, 4) is 5.75 Å². The van der Waals surface area contributed by atoms with Crippen molar-refractivity contribution in [1.82, 2.24) is 0 Å². The summed E-state index contributed by atoms with van der Waals surface area (Å²) in [5.74, 6) is -1.87. The predicted molar refractivity (Wildman–Crippen MR) is 96.9 cm³/mol. The molecule has 0 amide bonds. The quantitative estimate of drug-likeness (QED) is 0.304. The van der Waals surface area contributed by atoms with Crippen molar-refractivity contribution in [1.29, 1.82) is 0 Å². The number of allylic oxidation sites excluding steroid dienone is 2. The summed E-state index contributed by atoms with van der Waals surface area (Å²) in [5.41, 5.74) is 0.00406. The van der Waals surface area contributed by atoms with Gasteiger partial charge in [-0.05, 0) is 62.1 Å². The molecule has 1 aliphatic carbocycles. The summed E-state index contributed by atoms with van der Waals surface area (Å²) in [4.78, 5) is 0. The number of halogens is 6. The van der Waals surface area contributed by atoms with Crippen molar-refractivity contribution < 1.29 is 35.8 Å². The lowest BCUT2D eigenvalue weighted by Gasteiger charge is -2.30. The van der Waals surface area contributed by atoms with E-state index in [1.807, 2.05) is 13.0 Å². The molecule has 0 N–H and O–H groups in total. The maximum absolute atomic E-state index is 14.1. The smallest absolute Gasteiger partial charge is 0.403 e. The summed E-state index contributed by atoms with van der Waals surface area (Å²) in [6.45, 7) is 1.37. The molecule has 2 rings (SSSR count). The van der Waals surface area contributed by atoms with Crippen LogP contribution in [-0.2, 0) is 11.3 Å². The van der Waals surface area contributed by atoms with E-state index in [0.717, 1.165) is 50.7 Å². The number of hydrogen-bond donors (Lipinski definition) is 0. The van der Waals surface area contributed by atoms with E-state index in [1.54, 1.807) is 0 Å². The zero-order valence-corrected chi connectivity index (χ0v) is 16.3. The minimum absolute atomic E-state index is 0.00406. The molecule has 0 spiro atoms. The van der Waals surface area contributed by atoms with Gasteiger partial charge in [0.25, 0.3) is 0 Å². The highest BCUT2D eigenvalue weighted by Crippen LogP contribution is 2.38. The van der Waals surface area contributed by atoms with E-state index in [4.69, 9.17) is 0 Å². The molecule has 0 aromatic heterocycles. The van der Waals surface area contributed by atoms with Crippen LogP contribution in [0.3, 0.4) is 0 Å². The van der Waals surface area contributed by atoms with Crippen LogP contribution in [-0.4, -0.2) is 12.5 Å². The molecule has 0 heterocycles.